The number of halogens is 1. The summed E-state index contributed by atoms with van der Waals surface area (Å²) in [6, 6.07) is 4.53. The monoisotopic (exact) mass is 397 g/mol. The zero-order valence-corrected chi connectivity index (χ0v) is 16.9. The van der Waals surface area contributed by atoms with Gasteiger partial charge in [0.2, 0.25) is 5.91 Å². The highest BCUT2D eigenvalue weighted by Gasteiger charge is 2.23. The Hall–Kier alpha value is -1.31. The van der Waals surface area contributed by atoms with E-state index in [1.807, 2.05) is 13.1 Å². The van der Waals surface area contributed by atoms with Crippen LogP contribution in [0.1, 0.15) is 30.6 Å². The van der Waals surface area contributed by atoms with Crippen molar-refractivity contribution >= 4 is 34.8 Å². The molecule has 0 radical (unpaired) electrons. The molecule has 1 aliphatic carbocycles. The van der Waals surface area contributed by atoms with Gasteiger partial charge >= 0.3 is 0 Å². The van der Waals surface area contributed by atoms with E-state index in [1.165, 1.54) is 4.88 Å². The molecule has 2 N–H and O–H groups in total. The van der Waals surface area contributed by atoms with Crippen LogP contribution in [0.5, 0.6) is 0 Å². The number of hydrogen-bond donors (Lipinski definition) is 2. The van der Waals surface area contributed by atoms with Crippen molar-refractivity contribution in [3.63, 3.8) is 0 Å². The molecule has 2 heterocycles. The molecule has 144 valence electrons. The average molecular weight is 398 g/mol. The molecule has 1 saturated heterocycles. The number of amides is 1. The molecule has 0 atom stereocenters. The SMILES string of the molecule is CN=C(NCCCC(=O)NC1CC1)N1CCN(Cc2ccc(Cl)s2)CC1. The summed E-state index contributed by atoms with van der Waals surface area (Å²) in [6.07, 6.45) is 3.69. The Bertz CT molecular complexity index is 623. The first-order valence-electron chi connectivity index (χ1n) is 9.35. The lowest BCUT2D eigenvalue weighted by Gasteiger charge is -2.36. The third-order valence-electron chi connectivity index (χ3n) is 4.70. The third kappa shape index (κ3) is 6.14. The number of hydrogen-bond acceptors (Lipinski definition) is 4. The highest BCUT2D eigenvalue weighted by molar-refractivity contribution is 7.16. The molecule has 8 heteroatoms. The van der Waals surface area contributed by atoms with Crippen molar-refractivity contribution in [1.29, 1.82) is 0 Å². The van der Waals surface area contributed by atoms with Crippen molar-refractivity contribution in [2.24, 2.45) is 4.99 Å². The number of piperazine rings is 1. The standard InChI is InChI=1S/C18H28ClN5OS/c1-20-18(21-8-2-3-17(25)22-14-4-5-14)24-11-9-23(10-12-24)13-15-6-7-16(19)26-15/h6-7,14H,2-5,8-13H2,1H3,(H,20,21)(H,22,25). The van der Waals surface area contributed by atoms with E-state index in [1.54, 1.807) is 11.3 Å². The molecule has 1 amide bonds. The number of nitrogens with one attached hydrogen (secondary N) is 2. The second kappa shape index (κ2) is 9.58. The number of nitrogens with zero attached hydrogens (tertiary/aromatic N) is 3. The first-order valence-corrected chi connectivity index (χ1v) is 10.5. The molecular formula is C18H28ClN5OS. The zero-order chi connectivity index (χ0) is 18.4. The highest BCUT2D eigenvalue weighted by atomic mass is 35.5. The fourth-order valence-corrected chi connectivity index (χ4v) is 4.21. The Morgan fingerprint density at radius 3 is 2.69 bits per heavy atom. The van der Waals surface area contributed by atoms with Crippen LogP contribution in [0.2, 0.25) is 4.34 Å². The molecule has 1 aromatic rings. The molecular weight excluding hydrogens is 370 g/mol. The van der Waals surface area contributed by atoms with Gasteiger partial charge in [0.1, 0.15) is 0 Å². The minimum atomic E-state index is 0.173. The van der Waals surface area contributed by atoms with Crippen LogP contribution in [0.3, 0.4) is 0 Å². The van der Waals surface area contributed by atoms with E-state index >= 15 is 0 Å². The Morgan fingerprint density at radius 1 is 1.31 bits per heavy atom. The maximum atomic E-state index is 11.7. The van der Waals surface area contributed by atoms with Crippen molar-refractivity contribution in [3.05, 3.63) is 21.3 Å². The molecule has 2 aliphatic rings. The van der Waals surface area contributed by atoms with Gasteiger partial charge < -0.3 is 15.5 Å². The molecule has 0 spiro atoms. The lowest BCUT2D eigenvalue weighted by Crippen LogP contribution is -2.52. The molecule has 0 bridgehead atoms. The number of thiophene rings is 1. The van der Waals surface area contributed by atoms with E-state index in [9.17, 15) is 4.79 Å². The van der Waals surface area contributed by atoms with E-state index in [4.69, 9.17) is 11.6 Å². The first-order chi connectivity index (χ1) is 12.6. The largest absolute Gasteiger partial charge is 0.356 e. The van der Waals surface area contributed by atoms with Gasteiger partial charge in [-0.2, -0.15) is 0 Å². The van der Waals surface area contributed by atoms with E-state index < -0.39 is 0 Å². The van der Waals surface area contributed by atoms with Crippen LogP contribution < -0.4 is 10.6 Å². The van der Waals surface area contributed by atoms with Crippen molar-refractivity contribution in [2.45, 2.75) is 38.3 Å². The molecule has 26 heavy (non-hydrogen) atoms. The molecule has 2 fully saturated rings. The highest BCUT2D eigenvalue weighted by Crippen LogP contribution is 2.23. The molecule has 1 aliphatic heterocycles. The average Bonchev–Trinajstić information content (AvgIpc) is 3.35. The number of rotatable bonds is 7. The van der Waals surface area contributed by atoms with Crippen molar-refractivity contribution in [2.75, 3.05) is 39.8 Å². The van der Waals surface area contributed by atoms with Crippen molar-refractivity contribution < 1.29 is 4.79 Å². The van der Waals surface area contributed by atoms with Crippen LogP contribution >= 0.6 is 22.9 Å². The molecule has 1 saturated carbocycles. The quantitative estimate of drug-likeness (QED) is 0.420. The summed E-state index contributed by atoms with van der Waals surface area (Å²) in [4.78, 5) is 22.2. The van der Waals surface area contributed by atoms with E-state index in [0.717, 1.165) is 68.8 Å². The minimum absolute atomic E-state index is 0.173. The van der Waals surface area contributed by atoms with Gasteiger partial charge in [0, 0.05) is 63.7 Å². The van der Waals surface area contributed by atoms with Crippen LogP contribution in [-0.2, 0) is 11.3 Å². The van der Waals surface area contributed by atoms with Gasteiger partial charge in [-0.05, 0) is 31.4 Å². The van der Waals surface area contributed by atoms with Crippen LogP contribution in [-0.4, -0.2) is 67.5 Å². The summed E-state index contributed by atoms with van der Waals surface area (Å²) >= 11 is 7.67. The van der Waals surface area contributed by atoms with Gasteiger partial charge in [-0.15, -0.1) is 11.3 Å². The van der Waals surface area contributed by atoms with Crippen LogP contribution in [0.15, 0.2) is 17.1 Å². The van der Waals surface area contributed by atoms with E-state index in [0.29, 0.717) is 12.5 Å². The fraction of sp³-hybridized carbons (Fsp3) is 0.667. The first kappa shape index (κ1) is 19.5. The molecule has 0 aromatic carbocycles. The summed E-state index contributed by atoms with van der Waals surface area (Å²) in [6.45, 7) is 5.69. The predicted octanol–water partition coefficient (Wildman–Crippen LogP) is 2.15. The number of carbonyl (C=O) groups is 1. The lowest BCUT2D eigenvalue weighted by atomic mass is 10.3. The Kier molecular flexibility index (Phi) is 7.16. The molecule has 3 rings (SSSR count). The van der Waals surface area contributed by atoms with E-state index in [-0.39, 0.29) is 5.91 Å². The van der Waals surface area contributed by atoms with Gasteiger partial charge in [-0.3, -0.25) is 14.7 Å². The number of guanidine groups is 1. The predicted molar refractivity (Wildman–Crippen MR) is 108 cm³/mol. The zero-order valence-electron chi connectivity index (χ0n) is 15.3. The number of aliphatic imine (C=N–C) groups is 1. The van der Waals surface area contributed by atoms with Crippen molar-refractivity contribution in [1.82, 2.24) is 20.4 Å². The van der Waals surface area contributed by atoms with Gasteiger partial charge in [-0.1, -0.05) is 11.6 Å². The maximum Gasteiger partial charge on any atom is 0.220 e. The van der Waals surface area contributed by atoms with Crippen LogP contribution in [0.25, 0.3) is 0 Å². The second-order valence-electron chi connectivity index (χ2n) is 6.89. The van der Waals surface area contributed by atoms with E-state index in [2.05, 4.69) is 31.5 Å². The topological polar surface area (TPSA) is 60.0 Å². The van der Waals surface area contributed by atoms with Crippen molar-refractivity contribution in [3.8, 4) is 0 Å². The van der Waals surface area contributed by atoms with Crippen LogP contribution in [0.4, 0.5) is 0 Å². The Labute approximate surface area is 164 Å². The summed E-state index contributed by atoms with van der Waals surface area (Å²) in [7, 11) is 1.82. The summed E-state index contributed by atoms with van der Waals surface area (Å²) in [5.41, 5.74) is 0. The van der Waals surface area contributed by atoms with Gasteiger partial charge in [0.25, 0.3) is 0 Å². The normalized spacial score (nSPS) is 18.8. The summed E-state index contributed by atoms with van der Waals surface area (Å²) in [5, 5.41) is 6.42. The lowest BCUT2D eigenvalue weighted by molar-refractivity contribution is -0.121. The third-order valence-corrected chi connectivity index (χ3v) is 5.91. The van der Waals surface area contributed by atoms with Crippen LogP contribution in [0, 0.1) is 0 Å². The Balaban J connectivity index is 1.33. The molecule has 0 unspecified atom stereocenters. The number of carbonyl (C=O) groups excluding carboxylic acids is 1. The summed E-state index contributed by atoms with van der Waals surface area (Å²) < 4.78 is 0.856. The molecule has 1 aromatic heterocycles. The van der Waals surface area contributed by atoms with Gasteiger partial charge in [0.15, 0.2) is 5.96 Å². The fourth-order valence-electron chi connectivity index (χ4n) is 3.08. The minimum Gasteiger partial charge on any atom is -0.356 e. The van der Waals surface area contributed by atoms with Gasteiger partial charge in [-0.25, -0.2) is 0 Å². The summed E-state index contributed by atoms with van der Waals surface area (Å²) in [5.74, 6) is 1.11. The maximum absolute atomic E-state index is 11.7. The smallest absolute Gasteiger partial charge is 0.220 e. The van der Waals surface area contributed by atoms with Gasteiger partial charge in [0.05, 0.1) is 4.34 Å². The molecule has 6 nitrogen and oxygen atoms in total. The Morgan fingerprint density at radius 2 is 2.08 bits per heavy atom. The second-order valence-corrected chi connectivity index (χ2v) is 8.69.